The highest BCUT2D eigenvalue weighted by Crippen LogP contribution is 2.28. The van der Waals surface area contributed by atoms with Crippen LogP contribution in [0.25, 0.3) is 0 Å². The quantitative estimate of drug-likeness (QED) is 0.527. The minimum absolute atomic E-state index is 0.0706. The molecule has 37 heavy (non-hydrogen) atoms. The lowest BCUT2D eigenvalue weighted by atomic mass is 10.1. The third-order valence-corrected chi connectivity index (χ3v) is 6.58. The molecule has 10 nitrogen and oxygen atoms in total. The van der Waals surface area contributed by atoms with Crippen LogP contribution in [0.4, 0.5) is 22.0 Å². The number of likely N-dealkylation sites (tertiary alicyclic amines) is 1. The van der Waals surface area contributed by atoms with Crippen LogP contribution < -0.4 is 15.5 Å². The van der Waals surface area contributed by atoms with Crippen molar-refractivity contribution in [2.45, 2.75) is 45.4 Å². The third kappa shape index (κ3) is 6.84. The summed E-state index contributed by atoms with van der Waals surface area (Å²) in [5, 5.41) is 5.75. The molecule has 2 N–H and O–H groups in total. The van der Waals surface area contributed by atoms with Crippen molar-refractivity contribution in [3.63, 3.8) is 0 Å². The zero-order valence-corrected chi connectivity index (χ0v) is 21.1. The number of aromatic nitrogens is 1. The van der Waals surface area contributed by atoms with E-state index in [0.29, 0.717) is 30.2 Å². The molecule has 0 radical (unpaired) electrons. The first-order valence-electron chi connectivity index (χ1n) is 12.8. The molecule has 0 aliphatic carbocycles. The average molecular weight is 508 g/mol. The molecule has 1 atom stereocenters. The summed E-state index contributed by atoms with van der Waals surface area (Å²) in [4.78, 5) is 57.8. The second kappa shape index (κ2) is 12.3. The Kier molecular flexibility index (Phi) is 8.71. The van der Waals surface area contributed by atoms with E-state index in [0.717, 1.165) is 37.9 Å². The summed E-state index contributed by atoms with van der Waals surface area (Å²) >= 11 is 0. The second-order valence-corrected chi connectivity index (χ2v) is 9.24. The van der Waals surface area contributed by atoms with Gasteiger partial charge in [0.25, 0.3) is 0 Å². The standard InChI is InChI=1S/C27H33N5O5/c1-2-37-24(34)12-11-19-8-7-13-28-25(19)30-26(35)20-16-23(33)32(18-20)22-10-6-9-21(17-22)29-27(36)31-14-4-3-5-15-31/h6-10,13,17,20H,2-5,11-12,14-16,18H2,1H3,(H,29,36)(H,28,30,35). The molecule has 1 aromatic carbocycles. The van der Waals surface area contributed by atoms with Crippen LogP contribution in [-0.2, 0) is 25.5 Å². The second-order valence-electron chi connectivity index (χ2n) is 9.24. The number of aryl methyl sites for hydroxylation is 1. The number of hydrogen-bond acceptors (Lipinski definition) is 6. The van der Waals surface area contributed by atoms with Gasteiger partial charge in [0.05, 0.1) is 12.5 Å². The number of nitrogens with zero attached hydrogens (tertiary/aromatic N) is 3. The van der Waals surface area contributed by atoms with Crippen molar-refractivity contribution in [1.29, 1.82) is 0 Å². The van der Waals surface area contributed by atoms with Crippen LogP contribution in [-0.4, -0.2) is 59.9 Å². The maximum absolute atomic E-state index is 13.0. The zero-order chi connectivity index (χ0) is 26.2. The van der Waals surface area contributed by atoms with E-state index in [4.69, 9.17) is 4.74 Å². The first kappa shape index (κ1) is 26.1. The number of nitrogens with one attached hydrogen (secondary N) is 2. The van der Waals surface area contributed by atoms with E-state index in [1.807, 2.05) is 0 Å². The summed E-state index contributed by atoms with van der Waals surface area (Å²) in [7, 11) is 0. The van der Waals surface area contributed by atoms with Crippen molar-refractivity contribution in [2.75, 3.05) is 41.8 Å². The summed E-state index contributed by atoms with van der Waals surface area (Å²) in [5.41, 5.74) is 1.96. The monoisotopic (exact) mass is 507 g/mol. The molecule has 4 rings (SSSR count). The molecule has 1 aromatic heterocycles. The summed E-state index contributed by atoms with van der Waals surface area (Å²) in [5.74, 6) is -0.955. The summed E-state index contributed by atoms with van der Waals surface area (Å²) in [6, 6.07) is 10.5. The lowest BCUT2D eigenvalue weighted by Gasteiger charge is -2.27. The molecular formula is C27H33N5O5. The number of piperidine rings is 1. The number of benzene rings is 1. The molecule has 196 valence electrons. The van der Waals surface area contributed by atoms with Crippen molar-refractivity contribution >= 4 is 41.0 Å². The first-order chi connectivity index (χ1) is 17.9. The van der Waals surface area contributed by atoms with E-state index in [-0.39, 0.29) is 43.2 Å². The SMILES string of the molecule is CCOC(=O)CCc1cccnc1NC(=O)C1CC(=O)N(c2cccc(NC(=O)N3CCCCC3)c2)C1. The third-order valence-electron chi connectivity index (χ3n) is 6.58. The highest BCUT2D eigenvalue weighted by Gasteiger charge is 2.35. The summed E-state index contributed by atoms with van der Waals surface area (Å²) in [6.45, 7) is 3.78. The van der Waals surface area contributed by atoms with Crippen LogP contribution in [0.15, 0.2) is 42.6 Å². The van der Waals surface area contributed by atoms with Gasteiger partial charge in [-0.15, -0.1) is 0 Å². The first-order valence-corrected chi connectivity index (χ1v) is 12.8. The smallest absolute Gasteiger partial charge is 0.321 e. The number of carbonyl (C=O) groups excluding carboxylic acids is 4. The Labute approximate surface area is 216 Å². The fraction of sp³-hybridized carbons (Fsp3) is 0.444. The minimum atomic E-state index is -0.556. The molecule has 0 saturated carbocycles. The average Bonchev–Trinajstić information content (AvgIpc) is 3.31. The van der Waals surface area contributed by atoms with Gasteiger partial charge in [-0.1, -0.05) is 12.1 Å². The molecule has 0 spiro atoms. The molecule has 2 saturated heterocycles. The van der Waals surface area contributed by atoms with E-state index in [1.165, 1.54) is 0 Å². The van der Waals surface area contributed by atoms with Crippen LogP contribution in [0.3, 0.4) is 0 Å². The van der Waals surface area contributed by atoms with E-state index in [2.05, 4.69) is 15.6 Å². The number of anilines is 3. The van der Waals surface area contributed by atoms with Gasteiger partial charge in [0.2, 0.25) is 11.8 Å². The number of ether oxygens (including phenoxy) is 1. The van der Waals surface area contributed by atoms with Gasteiger partial charge in [0.15, 0.2) is 0 Å². The van der Waals surface area contributed by atoms with Crippen molar-refractivity contribution in [3.05, 3.63) is 48.2 Å². The normalized spacial score (nSPS) is 17.4. The van der Waals surface area contributed by atoms with Gasteiger partial charge < -0.3 is 25.2 Å². The Hall–Kier alpha value is -3.95. The van der Waals surface area contributed by atoms with Gasteiger partial charge >= 0.3 is 12.0 Å². The number of rotatable bonds is 8. The summed E-state index contributed by atoms with van der Waals surface area (Å²) in [6.07, 6.45) is 5.35. The Morgan fingerprint density at radius 1 is 1.08 bits per heavy atom. The number of urea groups is 1. The number of hydrogen-bond donors (Lipinski definition) is 2. The Morgan fingerprint density at radius 2 is 1.89 bits per heavy atom. The van der Waals surface area contributed by atoms with Gasteiger partial charge in [0, 0.05) is 50.0 Å². The van der Waals surface area contributed by atoms with Gasteiger partial charge in [-0.3, -0.25) is 14.4 Å². The van der Waals surface area contributed by atoms with Crippen LogP contribution in [0.5, 0.6) is 0 Å². The molecule has 2 aliphatic heterocycles. The maximum Gasteiger partial charge on any atom is 0.321 e. The van der Waals surface area contributed by atoms with E-state index < -0.39 is 5.92 Å². The zero-order valence-electron chi connectivity index (χ0n) is 21.1. The number of amides is 4. The molecule has 2 fully saturated rings. The fourth-order valence-corrected chi connectivity index (χ4v) is 4.63. The molecule has 1 unspecified atom stereocenters. The van der Waals surface area contributed by atoms with Crippen LogP contribution in [0.1, 0.15) is 44.6 Å². The predicted molar refractivity (Wildman–Crippen MR) is 139 cm³/mol. The van der Waals surface area contributed by atoms with Crippen molar-refractivity contribution < 1.29 is 23.9 Å². The highest BCUT2D eigenvalue weighted by molar-refractivity contribution is 6.04. The Bertz CT molecular complexity index is 1150. The highest BCUT2D eigenvalue weighted by atomic mass is 16.5. The number of esters is 1. The molecule has 0 bridgehead atoms. The maximum atomic E-state index is 13.0. The van der Waals surface area contributed by atoms with Gasteiger partial charge in [-0.05, 0) is 62.4 Å². The molecule has 4 amide bonds. The Balaban J connectivity index is 1.37. The number of pyridine rings is 1. The molecule has 2 aliphatic rings. The molecule has 10 heteroatoms. The number of carbonyl (C=O) groups is 4. The van der Waals surface area contributed by atoms with Gasteiger partial charge in [-0.25, -0.2) is 9.78 Å². The van der Waals surface area contributed by atoms with E-state index in [1.54, 1.807) is 59.3 Å². The van der Waals surface area contributed by atoms with Gasteiger partial charge in [0.1, 0.15) is 5.82 Å². The van der Waals surface area contributed by atoms with Crippen molar-refractivity contribution in [1.82, 2.24) is 9.88 Å². The van der Waals surface area contributed by atoms with E-state index >= 15 is 0 Å². The molecule has 2 aromatic rings. The van der Waals surface area contributed by atoms with Crippen molar-refractivity contribution in [3.8, 4) is 0 Å². The lowest BCUT2D eigenvalue weighted by molar-refractivity contribution is -0.143. The lowest BCUT2D eigenvalue weighted by Crippen LogP contribution is -2.38. The molecule has 3 heterocycles. The van der Waals surface area contributed by atoms with E-state index in [9.17, 15) is 19.2 Å². The summed E-state index contributed by atoms with van der Waals surface area (Å²) < 4.78 is 4.98. The minimum Gasteiger partial charge on any atom is -0.466 e. The largest absolute Gasteiger partial charge is 0.466 e. The van der Waals surface area contributed by atoms with Crippen LogP contribution in [0, 0.1) is 5.92 Å². The fourth-order valence-electron chi connectivity index (χ4n) is 4.63. The van der Waals surface area contributed by atoms with Crippen molar-refractivity contribution in [2.24, 2.45) is 5.92 Å². The molecular weight excluding hydrogens is 474 g/mol. The van der Waals surface area contributed by atoms with Crippen LogP contribution in [0.2, 0.25) is 0 Å². The van der Waals surface area contributed by atoms with Crippen LogP contribution >= 0.6 is 0 Å². The Morgan fingerprint density at radius 3 is 2.68 bits per heavy atom. The topological polar surface area (TPSA) is 121 Å². The predicted octanol–water partition coefficient (Wildman–Crippen LogP) is 3.59. The van der Waals surface area contributed by atoms with Gasteiger partial charge in [-0.2, -0.15) is 0 Å².